The molecule has 0 saturated carbocycles. The Bertz CT molecular complexity index is 711. The molecule has 2 aliphatic rings. The number of amides is 1. The molecule has 1 atom stereocenters. The smallest absolute Gasteiger partial charge is 0.227 e. The van der Waals surface area contributed by atoms with Crippen molar-refractivity contribution in [2.45, 2.75) is 18.9 Å². The first-order valence-electron chi connectivity index (χ1n) is 8.11. The summed E-state index contributed by atoms with van der Waals surface area (Å²) >= 11 is 12.3. The van der Waals surface area contributed by atoms with E-state index in [-0.39, 0.29) is 24.1 Å². The first-order valence-corrected chi connectivity index (χ1v) is 10.7. The van der Waals surface area contributed by atoms with Crippen molar-refractivity contribution in [3.63, 3.8) is 0 Å². The molecular weight excluding hydrogens is 371 g/mol. The van der Waals surface area contributed by atoms with Crippen molar-refractivity contribution in [2.75, 3.05) is 37.7 Å². The summed E-state index contributed by atoms with van der Waals surface area (Å²) in [5.74, 6) is 0.600. The van der Waals surface area contributed by atoms with Gasteiger partial charge in [0.25, 0.3) is 0 Å². The molecule has 2 heterocycles. The summed E-state index contributed by atoms with van der Waals surface area (Å²) in [5, 5.41) is 1.02. The lowest BCUT2D eigenvalue weighted by molar-refractivity contribution is -0.925. The number of nitrogens with one attached hydrogen (secondary N) is 1. The average molecular weight is 392 g/mol. The number of piperazine rings is 1. The number of carbonyl (C=O) groups is 1. The van der Waals surface area contributed by atoms with Gasteiger partial charge in [-0.1, -0.05) is 29.3 Å². The van der Waals surface area contributed by atoms with Crippen molar-refractivity contribution >= 4 is 38.9 Å². The number of quaternary nitrogens is 1. The van der Waals surface area contributed by atoms with Gasteiger partial charge >= 0.3 is 0 Å². The van der Waals surface area contributed by atoms with Crippen molar-refractivity contribution in [1.29, 1.82) is 0 Å². The van der Waals surface area contributed by atoms with E-state index in [1.54, 1.807) is 18.2 Å². The molecule has 0 spiro atoms. The largest absolute Gasteiger partial charge is 0.331 e. The minimum absolute atomic E-state index is 0.0168. The standard InChI is InChI=1S/C16H20Cl2N2O3S/c17-14-2-1-3-15(18)13(14)10-16(21)20-7-5-19(6-8-20)12-4-9-24(22,23)11-12/h1-3,12H,4-11H2/p+1/t12-/m1/s1. The van der Waals surface area contributed by atoms with E-state index < -0.39 is 9.84 Å². The monoisotopic (exact) mass is 391 g/mol. The van der Waals surface area contributed by atoms with Gasteiger partial charge in [0.15, 0.2) is 9.84 Å². The molecule has 2 aliphatic heterocycles. The summed E-state index contributed by atoms with van der Waals surface area (Å²) in [6.45, 7) is 2.88. The molecule has 0 unspecified atom stereocenters. The second-order valence-corrected chi connectivity index (χ2v) is 9.56. The van der Waals surface area contributed by atoms with Crippen LogP contribution in [0.15, 0.2) is 18.2 Å². The van der Waals surface area contributed by atoms with Crippen LogP contribution in [-0.4, -0.2) is 63.0 Å². The van der Waals surface area contributed by atoms with E-state index in [0.29, 0.717) is 34.5 Å². The van der Waals surface area contributed by atoms with Gasteiger partial charge < -0.3 is 9.80 Å². The summed E-state index contributed by atoms with van der Waals surface area (Å²) < 4.78 is 23.2. The highest BCUT2D eigenvalue weighted by Crippen LogP contribution is 2.25. The molecule has 1 amide bonds. The van der Waals surface area contributed by atoms with Crippen LogP contribution in [0.3, 0.4) is 0 Å². The number of sulfone groups is 1. The molecule has 2 fully saturated rings. The van der Waals surface area contributed by atoms with Crippen LogP contribution in [-0.2, 0) is 21.1 Å². The molecule has 0 aliphatic carbocycles. The van der Waals surface area contributed by atoms with Crippen LogP contribution >= 0.6 is 23.2 Å². The van der Waals surface area contributed by atoms with E-state index in [1.165, 1.54) is 4.90 Å². The third-order valence-electron chi connectivity index (χ3n) is 4.96. The zero-order chi connectivity index (χ0) is 17.3. The fourth-order valence-electron chi connectivity index (χ4n) is 3.53. The van der Waals surface area contributed by atoms with Gasteiger partial charge in [0.05, 0.1) is 38.4 Å². The molecule has 0 aromatic heterocycles. The summed E-state index contributed by atoms with van der Waals surface area (Å²) in [4.78, 5) is 15.6. The van der Waals surface area contributed by atoms with E-state index in [0.717, 1.165) is 19.5 Å². The number of halogens is 2. The molecular formula is C16H21Cl2N2O3S+. The zero-order valence-electron chi connectivity index (χ0n) is 13.3. The van der Waals surface area contributed by atoms with Gasteiger partial charge in [-0.2, -0.15) is 0 Å². The molecule has 5 nitrogen and oxygen atoms in total. The Balaban J connectivity index is 1.56. The van der Waals surface area contributed by atoms with Gasteiger partial charge in [0.1, 0.15) is 11.8 Å². The maximum absolute atomic E-state index is 12.5. The lowest BCUT2D eigenvalue weighted by Gasteiger charge is -2.35. The molecule has 2 saturated heterocycles. The third kappa shape index (κ3) is 4.04. The fraction of sp³-hybridized carbons (Fsp3) is 0.562. The zero-order valence-corrected chi connectivity index (χ0v) is 15.6. The maximum atomic E-state index is 12.5. The molecule has 8 heteroatoms. The number of carbonyl (C=O) groups excluding carboxylic acids is 1. The molecule has 1 aromatic carbocycles. The first-order chi connectivity index (χ1) is 11.4. The van der Waals surface area contributed by atoms with Gasteiger partial charge in [0.2, 0.25) is 5.91 Å². The van der Waals surface area contributed by atoms with Crippen LogP contribution in [0.2, 0.25) is 10.0 Å². The lowest BCUT2D eigenvalue weighted by Crippen LogP contribution is -3.18. The first kappa shape index (κ1) is 18.0. The van der Waals surface area contributed by atoms with Crippen LogP contribution in [0.25, 0.3) is 0 Å². The minimum Gasteiger partial charge on any atom is -0.331 e. The van der Waals surface area contributed by atoms with E-state index in [2.05, 4.69) is 0 Å². The summed E-state index contributed by atoms with van der Waals surface area (Å²) in [5.41, 5.74) is 0.669. The number of hydrogen-bond acceptors (Lipinski definition) is 3. The van der Waals surface area contributed by atoms with Crippen LogP contribution in [0.4, 0.5) is 0 Å². The topological polar surface area (TPSA) is 58.9 Å². The van der Waals surface area contributed by atoms with Gasteiger partial charge in [-0.15, -0.1) is 0 Å². The van der Waals surface area contributed by atoms with Gasteiger partial charge in [0, 0.05) is 16.5 Å². The predicted molar refractivity (Wildman–Crippen MR) is 94.5 cm³/mol. The normalized spacial score (nSPS) is 24.2. The third-order valence-corrected chi connectivity index (χ3v) is 7.43. The summed E-state index contributed by atoms with van der Waals surface area (Å²) in [6, 6.07) is 5.42. The van der Waals surface area contributed by atoms with Crippen molar-refractivity contribution in [2.24, 2.45) is 0 Å². The molecule has 0 radical (unpaired) electrons. The van der Waals surface area contributed by atoms with Crippen LogP contribution in [0.1, 0.15) is 12.0 Å². The molecule has 24 heavy (non-hydrogen) atoms. The quantitative estimate of drug-likeness (QED) is 0.813. The van der Waals surface area contributed by atoms with Crippen molar-refractivity contribution < 1.29 is 18.1 Å². The Labute approximate surface area is 152 Å². The molecule has 132 valence electrons. The van der Waals surface area contributed by atoms with E-state index >= 15 is 0 Å². The van der Waals surface area contributed by atoms with Gasteiger partial charge in [-0.3, -0.25) is 4.79 Å². The maximum Gasteiger partial charge on any atom is 0.227 e. The second kappa shape index (κ2) is 7.20. The summed E-state index contributed by atoms with van der Waals surface area (Å²) in [7, 11) is -2.86. The highest BCUT2D eigenvalue weighted by atomic mass is 35.5. The SMILES string of the molecule is O=C(Cc1c(Cl)cccc1Cl)N1CC[NH+]([C@@H]2CCS(=O)(=O)C2)CC1. The van der Waals surface area contributed by atoms with Gasteiger partial charge in [-0.05, 0) is 17.7 Å². The van der Waals surface area contributed by atoms with Crippen molar-refractivity contribution in [3.8, 4) is 0 Å². The lowest BCUT2D eigenvalue weighted by atomic mass is 10.1. The summed E-state index contributed by atoms with van der Waals surface area (Å²) in [6.07, 6.45) is 0.937. The van der Waals surface area contributed by atoms with Crippen LogP contribution in [0, 0.1) is 0 Å². The second-order valence-electron chi connectivity index (χ2n) is 6.52. The number of hydrogen-bond donors (Lipinski definition) is 1. The van der Waals surface area contributed by atoms with Crippen molar-refractivity contribution in [1.82, 2.24) is 4.90 Å². The number of rotatable bonds is 3. The highest BCUT2D eigenvalue weighted by Gasteiger charge is 2.37. The number of nitrogens with zero attached hydrogens (tertiary/aromatic N) is 1. The van der Waals surface area contributed by atoms with Crippen LogP contribution in [0.5, 0.6) is 0 Å². The Morgan fingerprint density at radius 1 is 1.21 bits per heavy atom. The molecule has 3 rings (SSSR count). The van der Waals surface area contributed by atoms with E-state index in [4.69, 9.17) is 23.2 Å². The van der Waals surface area contributed by atoms with Crippen molar-refractivity contribution in [3.05, 3.63) is 33.8 Å². The minimum atomic E-state index is -2.86. The van der Waals surface area contributed by atoms with Gasteiger partial charge in [-0.25, -0.2) is 8.42 Å². The Kier molecular flexibility index (Phi) is 5.39. The Morgan fingerprint density at radius 3 is 2.38 bits per heavy atom. The number of benzene rings is 1. The van der Waals surface area contributed by atoms with Crippen LogP contribution < -0.4 is 4.90 Å². The highest BCUT2D eigenvalue weighted by molar-refractivity contribution is 7.91. The Morgan fingerprint density at radius 2 is 1.83 bits per heavy atom. The Hall–Kier alpha value is -0.820. The fourth-order valence-corrected chi connectivity index (χ4v) is 5.89. The molecule has 1 N–H and O–H groups in total. The predicted octanol–water partition coefficient (Wildman–Crippen LogP) is 0.450. The van der Waals surface area contributed by atoms with E-state index in [1.807, 2.05) is 4.90 Å². The molecule has 1 aromatic rings. The average Bonchev–Trinajstić information content (AvgIpc) is 2.91. The molecule has 0 bridgehead atoms. The van der Waals surface area contributed by atoms with E-state index in [9.17, 15) is 13.2 Å².